The highest BCUT2D eigenvalue weighted by Gasteiger charge is 2.26. The van der Waals surface area contributed by atoms with Crippen molar-refractivity contribution in [1.29, 1.82) is 0 Å². The fourth-order valence-electron chi connectivity index (χ4n) is 2.52. The molecule has 1 amide bonds. The Bertz CT molecular complexity index is 627. The third-order valence-corrected chi connectivity index (χ3v) is 4.74. The van der Waals surface area contributed by atoms with E-state index in [1.165, 1.54) is 11.5 Å². The highest BCUT2D eigenvalue weighted by molar-refractivity contribution is 7.10. The zero-order valence-corrected chi connectivity index (χ0v) is 13.5. The van der Waals surface area contributed by atoms with Gasteiger partial charge >= 0.3 is 0 Å². The summed E-state index contributed by atoms with van der Waals surface area (Å²) in [6.07, 6.45) is 3.32. The topological polar surface area (TPSA) is 71.0 Å². The predicted octanol–water partition coefficient (Wildman–Crippen LogP) is 2.44. The van der Waals surface area contributed by atoms with Gasteiger partial charge in [0.2, 0.25) is 5.91 Å². The van der Waals surface area contributed by atoms with E-state index in [1.54, 1.807) is 12.3 Å². The molecular formula is C14H16ClN5OS. The summed E-state index contributed by atoms with van der Waals surface area (Å²) in [7, 11) is 0. The Balaban J connectivity index is 1.49. The van der Waals surface area contributed by atoms with Gasteiger partial charge in [-0.1, -0.05) is 22.2 Å². The lowest BCUT2D eigenvalue weighted by Crippen LogP contribution is -2.38. The van der Waals surface area contributed by atoms with E-state index < -0.39 is 0 Å². The average Bonchev–Trinajstić information content (AvgIpc) is 2.94. The number of anilines is 1. The summed E-state index contributed by atoms with van der Waals surface area (Å²) < 4.78 is 4.49. The third-order valence-electron chi connectivity index (χ3n) is 3.76. The number of hydrogen-bond donors (Lipinski definition) is 1. The zero-order valence-electron chi connectivity index (χ0n) is 11.9. The van der Waals surface area contributed by atoms with E-state index in [0.29, 0.717) is 16.7 Å². The molecule has 1 fully saturated rings. The molecule has 0 aliphatic carbocycles. The fraction of sp³-hybridized carbons (Fsp3) is 0.429. The van der Waals surface area contributed by atoms with Gasteiger partial charge in [-0.3, -0.25) is 9.69 Å². The van der Waals surface area contributed by atoms with Crippen LogP contribution in [0.4, 0.5) is 5.82 Å². The number of piperidine rings is 1. The second-order valence-electron chi connectivity index (χ2n) is 5.25. The quantitative estimate of drug-likeness (QED) is 0.927. The first-order chi connectivity index (χ1) is 10.7. The molecule has 3 heterocycles. The molecule has 2 aromatic rings. The standard InChI is InChI=1S/C14H16ClN5OS/c15-13-11(18-19-22-13)9-20-7-4-10(5-8-20)14(21)17-12-3-1-2-6-16-12/h1-3,6,10H,4-5,7-9H2,(H,16,17,21). The van der Waals surface area contributed by atoms with Crippen molar-refractivity contribution in [2.45, 2.75) is 19.4 Å². The molecule has 0 spiro atoms. The number of aromatic nitrogens is 3. The minimum Gasteiger partial charge on any atom is -0.310 e. The van der Waals surface area contributed by atoms with Crippen LogP contribution in [-0.4, -0.2) is 38.5 Å². The van der Waals surface area contributed by atoms with Crippen molar-refractivity contribution in [3.05, 3.63) is 34.4 Å². The molecule has 6 nitrogen and oxygen atoms in total. The average molecular weight is 338 g/mol. The summed E-state index contributed by atoms with van der Waals surface area (Å²) in [5, 5.41) is 6.90. The van der Waals surface area contributed by atoms with Gasteiger partial charge in [-0.25, -0.2) is 4.98 Å². The van der Waals surface area contributed by atoms with Crippen molar-refractivity contribution in [3.8, 4) is 0 Å². The van der Waals surface area contributed by atoms with Gasteiger partial charge in [-0.2, -0.15) is 0 Å². The lowest BCUT2D eigenvalue weighted by Gasteiger charge is -2.30. The van der Waals surface area contributed by atoms with Gasteiger partial charge in [-0.15, -0.1) is 5.10 Å². The number of halogens is 1. The molecule has 8 heteroatoms. The van der Waals surface area contributed by atoms with E-state index in [-0.39, 0.29) is 11.8 Å². The SMILES string of the molecule is O=C(Nc1ccccn1)C1CCN(Cc2nnsc2Cl)CC1. The number of nitrogens with zero attached hydrogens (tertiary/aromatic N) is 4. The highest BCUT2D eigenvalue weighted by atomic mass is 35.5. The first-order valence-electron chi connectivity index (χ1n) is 7.13. The Kier molecular flexibility index (Phi) is 4.97. The van der Waals surface area contributed by atoms with Crippen molar-refractivity contribution in [1.82, 2.24) is 19.5 Å². The molecule has 0 unspecified atom stereocenters. The molecular weight excluding hydrogens is 322 g/mol. The van der Waals surface area contributed by atoms with Crippen molar-refractivity contribution in [2.75, 3.05) is 18.4 Å². The Labute approximate surface area is 137 Å². The number of rotatable bonds is 4. The highest BCUT2D eigenvalue weighted by Crippen LogP contribution is 2.23. The van der Waals surface area contributed by atoms with E-state index in [2.05, 4.69) is 24.8 Å². The van der Waals surface area contributed by atoms with Gasteiger partial charge in [0.1, 0.15) is 15.8 Å². The molecule has 0 saturated carbocycles. The van der Waals surface area contributed by atoms with Crippen LogP contribution in [0.1, 0.15) is 18.5 Å². The first-order valence-corrected chi connectivity index (χ1v) is 8.28. The smallest absolute Gasteiger partial charge is 0.228 e. The van der Waals surface area contributed by atoms with Crippen molar-refractivity contribution in [3.63, 3.8) is 0 Å². The third kappa shape index (κ3) is 3.79. The van der Waals surface area contributed by atoms with Crippen LogP contribution in [0, 0.1) is 5.92 Å². The van der Waals surface area contributed by atoms with Crippen LogP contribution in [0.5, 0.6) is 0 Å². The molecule has 2 aromatic heterocycles. The molecule has 1 aliphatic rings. The number of pyridine rings is 1. The Morgan fingerprint density at radius 3 is 2.86 bits per heavy atom. The van der Waals surface area contributed by atoms with Crippen LogP contribution in [0.25, 0.3) is 0 Å². The van der Waals surface area contributed by atoms with E-state index in [0.717, 1.165) is 31.6 Å². The number of carbonyl (C=O) groups excluding carboxylic acids is 1. The molecule has 0 atom stereocenters. The van der Waals surface area contributed by atoms with Crippen LogP contribution < -0.4 is 5.32 Å². The second kappa shape index (κ2) is 7.13. The summed E-state index contributed by atoms with van der Waals surface area (Å²) in [6, 6.07) is 5.48. The van der Waals surface area contributed by atoms with Crippen LogP contribution in [0.15, 0.2) is 24.4 Å². The Hall–Kier alpha value is -1.57. The monoisotopic (exact) mass is 337 g/mol. The molecule has 0 bridgehead atoms. The van der Waals surface area contributed by atoms with Gasteiger partial charge in [0.15, 0.2) is 0 Å². The zero-order chi connectivity index (χ0) is 15.4. The molecule has 0 radical (unpaired) electrons. The maximum atomic E-state index is 12.2. The number of amides is 1. The number of hydrogen-bond acceptors (Lipinski definition) is 6. The summed E-state index contributed by atoms with van der Waals surface area (Å²) >= 11 is 7.23. The minimum atomic E-state index is 0.0299. The summed E-state index contributed by atoms with van der Waals surface area (Å²) in [6.45, 7) is 2.41. The molecule has 0 aromatic carbocycles. The molecule has 116 valence electrons. The van der Waals surface area contributed by atoms with Crippen molar-refractivity contribution in [2.24, 2.45) is 5.92 Å². The van der Waals surface area contributed by atoms with Crippen LogP contribution in [0.2, 0.25) is 4.34 Å². The Morgan fingerprint density at radius 1 is 1.41 bits per heavy atom. The summed E-state index contributed by atoms with van der Waals surface area (Å²) in [5.41, 5.74) is 0.822. The number of likely N-dealkylation sites (tertiary alicyclic amines) is 1. The number of carbonyl (C=O) groups is 1. The predicted molar refractivity (Wildman–Crippen MR) is 85.8 cm³/mol. The van der Waals surface area contributed by atoms with Gasteiger partial charge in [0, 0.05) is 30.2 Å². The van der Waals surface area contributed by atoms with E-state index >= 15 is 0 Å². The van der Waals surface area contributed by atoms with Crippen molar-refractivity contribution < 1.29 is 4.79 Å². The number of nitrogens with one attached hydrogen (secondary N) is 1. The van der Waals surface area contributed by atoms with E-state index in [1.807, 2.05) is 12.1 Å². The van der Waals surface area contributed by atoms with E-state index in [9.17, 15) is 4.79 Å². The largest absolute Gasteiger partial charge is 0.310 e. The molecule has 3 rings (SSSR count). The normalized spacial score (nSPS) is 16.6. The van der Waals surface area contributed by atoms with Gasteiger partial charge in [0.05, 0.1) is 0 Å². The lowest BCUT2D eigenvalue weighted by molar-refractivity contribution is -0.121. The summed E-state index contributed by atoms with van der Waals surface area (Å²) in [5.74, 6) is 0.684. The maximum absolute atomic E-state index is 12.2. The van der Waals surface area contributed by atoms with Crippen LogP contribution >= 0.6 is 23.1 Å². The molecule has 22 heavy (non-hydrogen) atoms. The lowest BCUT2D eigenvalue weighted by atomic mass is 9.96. The van der Waals surface area contributed by atoms with Crippen LogP contribution in [0.3, 0.4) is 0 Å². The summed E-state index contributed by atoms with van der Waals surface area (Å²) in [4.78, 5) is 18.6. The Morgan fingerprint density at radius 2 is 2.23 bits per heavy atom. The minimum absolute atomic E-state index is 0.0299. The van der Waals surface area contributed by atoms with Gasteiger partial charge in [-0.05, 0) is 38.1 Å². The first kappa shape index (κ1) is 15.3. The maximum Gasteiger partial charge on any atom is 0.228 e. The fourth-order valence-corrected chi connectivity index (χ4v) is 3.13. The van der Waals surface area contributed by atoms with Gasteiger partial charge < -0.3 is 5.32 Å². The second-order valence-corrected chi connectivity index (χ2v) is 6.60. The molecule has 1 N–H and O–H groups in total. The van der Waals surface area contributed by atoms with Crippen molar-refractivity contribution >= 4 is 34.9 Å². The van der Waals surface area contributed by atoms with Gasteiger partial charge in [0.25, 0.3) is 0 Å². The van der Waals surface area contributed by atoms with E-state index in [4.69, 9.17) is 11.6 Å². The van der Waals surface area contributed by atoms with Crippen LogP contribution in [-0.2, 0) is 11.3 Å². The molecule has 1 saturated heterocycles. The molecule has 1 aliphatic heterocycles.